The van der Waals surface area contributed by atoms with Crippen molar-refractivity contribution in [2.45, 2.75) is 39.0 Å². The van der Waals surface area contributed by atoms with Crippen LogP contribution in [0, 0.1) is 11.3 Å². The van der Waals surface area contributed by atoms with Gasteiger partial charge in [-0.15, -0.1) is 0 Å². The van der Waals surface area contributed by atoms with Gasteiger partial charge in [-0.3, -0.25) is 9.59 Å². The summed E-state index contributed by atoms with van der Waals surface area (Å²) in [5, 5.41) is 8.92. The van der Waals surface area contributed by atoms with Gasteiger partial charge in [-0.05, 0) is 25.7 Å². The molecule has 0 heterocycles. The average Bonchev–Trinajstić information content (AvgIpc) is 2.29. The Morgan fingerprint density at radius 1 is 1.38 bits per heavy atom. The van der Waals surface area contributed by atoms with E-state index in [0.717, 1.165) is 0 Å². The van der Waals surface area contributed by atoms with Crippen LogP contribution in [0.5, 0.6) is 0 Å². The molecule has 0 aromatic carbocycles. The number of rotatable bonds is 5. The molecule has 92 valence electrons. The summed E-state index contributed by atoms with van der Waals surface area (Å²) in [5.74, 6) is -0.817. The van der Waals surface area contributed by atoms with Crippen molar-refractivity contribution in [1.82, 2.24) is 0 Å². The van der Waals surface area contributed by atoms with Crippen molar-refractivity contribution in [2.75, 3.05) is 13.7 Å². The SMILES string of the molecule is CCC(=O)C1(COC)CCC(C(=O)O)CC1. The van der Waals surface area contributed by atoms with E-state index in [0.29, 0.717) is 38.7 Å². The van der Waals surface area contributed by atoms with Crippen molar-refractivity contribution < 1.29 is 19.4 Å². The predicted octanol–water partition coefficient (Wildman–Crippen LogP) is 1.87. The molecule has 4 heteroatoms. The Kier molecular flexibility index (Phi) is 4.47. The maximum atomic E-state index is 11.9. The Hall–Kier alpha value is -0.900. The largest absolute Gasteiger partial charge is 0.481 e. The normalized spacial score (nSPS) is 30.0. The number of methoxy groups -OCH3 is 1. The minimum Gasteiger partial charge on any atom is -0.481 e. The monoisotopic (exact) mass is 228 g/mol. The Balaban J connectivity index is 2.69. The van der Waals surface area contributed by atoms with Gasteiger partial charge in [0.25, 0.3) is 0 Å². The summed E-state index contributed by atoms with van der Waals surface area (Å²) < 4.78 is 5.14. The Morgan fingerprint density at radius 2 is 1.94 bits per heavy atom. The number of hydrogen-bond donors (Lipinski definition) is 1. The lowest BCUT2D eigenvalue weighted by atomic mass is 9.68. The van der Waals surface area contributed by atoms with E-state index < -0.39 is 11.4 Å². The van der Waals surface area contributed by atoms with Gasteiger partial charge < -0.3 is 9.84 Å². The van der Waals surface area contributed by atoms with Crippen LogP contribution in [0.15, 0.2) is 0 Å². The first kappa shape index (κ1) is 13.2. The van der Waals surface area contributed by atoms with Crippen molar-refractivity contribution in [3.05, 3.63) is 0 Å². The van der Waals surface area contributed by atoms with Crippen molar-refractivity contribution in [2.24, 2.45) is 11.3 Å². The van der Waals surface area contributed by atoms with Crippen LogP contribution >= 0.6 is 0 Å². The summed E-state index contributed by atoms with van der Waals surface area (Å²) in [7, 11) is 1.59. The second-order valence-corrected chi connectivity index (χ2v) is 4.60. The lowest BCUT2D eigenvalue weighted by Gasteiger charge is -2.37. The molecule has 0 spiro atoms. The molecule has 1 rings (SSSR count). The molecule has 0 amide bonds. The zero-order chi connectivity index (χ0) is 12.2. The highest BCUT2D eigenvalue weighted by atomic mass is 16.5. The van der Waals surface area contributed by atoms with Gasteiger partial charge in [0.2, 0.25) is 0 Å². The maximum absolute atomic E-state index is 11.9. The average molecular weight is 228 g/mol. The van der Waals surface area contributed by atoms with Gasteiger partial charge in [0.15, 0.2) is 0 Å². The van der Waals surface area contributed by atoms with Crippen molar-refractivity contribution in [3.63, 3.8) is 0 Å². The first-order valence-electron chi connectivity index (χ1n) is 5.81. The van der Waals surface area contributed by atoms with Crippen molar-refractivity contribution in [3.8, 4) is 0 Å². The third-order valence-electron chi connectivity index (χ3n) is 3.63. The third kappa shape index (κ3) is 2.61. The van der Waals surface area contributed by atoms with E-state index in [1.807, 2.05) is 6.92 Å². The van der Waals surface area contributed by atoms with E-state index in [4.69, 9.17) is 9.84 Å². The highest BCUT2D eigenvalue weighted by Gasteiger charge is 2.42. The molecular formula is C12H20O4. The summed E-state index contributed by atoms with van der Waals surface area (Å²) in [6.07, 6.45) is 2.96. The van der Waals surface area contributed by atoms with Crippen LogP contribution in [0.2, 0.25) is 0 Å². The summed E-state index contributed by atoms with van der Waals surface area (Å²) in [5.41, 5.74) is -0.421. The zero-order valence-electron chi connectivity index (χ0n) is 9.99. The summed E-state index contributed by atoms with van der Waals surface area (Å²) in [4.78, 5) is 22.8. The van der Waals surface area contributed by atoms with Crippen LogP contribution in [0.25, 0.3) is 0 Å². The molecule has 4 nitrogen and oxygen atoms in total. The maximum Gasteiger partial charge on any atom is 0.306 e. The number of carbonyl (C=O) groups is 2. The van der Waals surface area contributed by atoms with Crippen LogP contribution in [-0.2, 0) is 14.3 Å². The van der Waals surface area contributed by atoms with E-state index in [2.05, 4.69) is 0 Å². The number of carbonyl (C=O) groups excluding carboxylic acids is 1. The molecule has 0 radical (unpaired) electrons. The molecule has 1 N–H and O–H groups in total. The van der Waals surface area contributed by atoms with Crippen LogP contribution in [-0.4, -0.2) is 30.6 Å². The second kappa shape index (κ2) is 5.43. The first-order valence-corrected chi connectivity index (χ1v) is 5.81. The fourth-order valence-corrected chi connectivity index (χ4v) is 2.57. The summed E-state index contributed by atoms with van der Waals surface area (Å²) in [6.45, 7) is 2.27. The highest BCUT2D eigenvalue weighted by Crippen LogP contribution is 2.40. The topological polar surface area (TPSA) is 63.6 Å². The number of ether oxygens (including phenoxy) is 1. The van der Waals surface area contributed by atoms with Gasteiger partial charge in [0.05, 0.1) is 17.9 Å². The molecule has 0 aliphatic heterocycles. The van der Waals surface area contributed by atoms with Crippen LogP contribution in [0.3, 0.4) is 0 Å². The number of carboxylic acids is 1. The van der Waals surface area contributed by atoms with Crippen LogP contribution in [0.4, 0.5) is 0 Å². The Bertz CT molecular complexity index is 264. The van der Waals surface area contributed by atoms with Gasteiger partial charge in [-0.25, -0.2) is 0 Å². The lowest BCUT2D eigenvalue weighted by molar-refractivity contribution is -0.147. The van der Waals surface area contributed by atoms with Gasteiger partial charge in [0.1, 0.15) is 5.78 Å². The molecule has 0 unspecified atom stereocenters. The fourth-order valence-electron chi connectivity index (χ4n) is 2.57. The lowest BCUT2D eigenvalue weighted by Crippen LogP contribution is -2.40. The standard InChI is InChI=1S/C12H20O4/c1-3-10(13)12(8-16-2)6-4-9(5-7-12)11(14)15/h9H,3-8H2,1-2H3,(H,14,15). The summed E-state index contributed by atoms with van der Waals surface area (Å²) >= 11 is 0. The molecule has 0 aromatic heterocycles. The number of carboxylic acid groups (broad SMARTS) is 1. The zero-order valence-corrected chi connectivity index (χ0v) is 9.99. The number of aliphatic carboxylic acids is 1. The minimum atomic E-state index is -0.741. The van der Waals surface area contributed by atoms with Crippen molar-refractivity contribution in [1.29, 1.82) is 0 Å². The van der Waals surface area contributed by atoms with Gasteiger partial charge in [0, 0.05) is 13.5 Å². The van der Waals surface area contributed by atoms with E-state index >= 15 is 0 Å². The van der Waals surface area contributed by atoms with Gasteiger partial charge in [-0.1, -0.05) is 6.92 Å². The second-order valence-electron chi connectivity index (χ2n) is 4.60. The van der Waals surface area contributed by atoms with Gasteiger partial charge >= 0.3 is 5.97 Å². The molecule has 1 aliphatic carbocycles. The van der Waals surface area contributed by atoms with Crippen LogP contribution in [0.1, 0.15) is 39.0 Å². The molecule has 1 saturated carbocycles. The van der Waals surface area contributed by atoms with E-state index in [1.54, 1.807) is 7.11 Å². The Labute approximate surface area is 96.0 Å². The van der Waals surface area contributed by atoms with Crippen molar-refractivity contribution >= 4 is 11.8 Å². The Morgan fingerprint density at radius 3 is 2.31 bits per heavy atom. The van der Waals surface area contributed by atoms with Crippen LogP contribution < -0.4 is 0 Å². The molecule has 1 fully saturated rings. The smallest absolute Gasteiger partial charge is 0.306 e. The van der Waals surface area contributed by atoms with E-state index in [-0.39, 0.29) is 11.7 Å². The van der Waals surface area contributed by atoms with E-state index in [1.165, 1.54) is 0 Å². The fraction of sp³-hybridized carbons (Fsp3) is 0.833. The molecule has 0 atom stereocenters. The predicted molar refractivity (Wildman–Crippen MR) is 59.2 cm³/mol. The minimum absolute atomic E-state index is 0.207. The molecular weight excluding hydrogens is 208 g/mol. The van der Waals surface area contributed by atoms with Gasteiger partial charge in [-0.2, -0.15) is 0 Å². The highest BCUT2D eigenvalue weighted by molar-refractivity contribution is 5.85. The van der Waals surface area contributed by atoms with E-state index in [9.17, 15) is 9.59 Å². The number of hydrogen-bond acceptors (Lipinski definition) is 3. The summed E-state index contributed by atoms with van der Waals surface area (Å²) in [6, 6.07) is 0. The quantitative estimate of drug-likeness (QED) is 0.780. The molecule has 0 bridgehead atoms. The molecule has 16 heavy (non-hydrogen) atoms. The molecule has 0 aromatic rings. The number of ketones is 1. The third-order valence-corrected chi connectivity index (χ3v) is 3.63. The first-order chi connectivity index (χ1) is 7.55. The molecule has 1 aliphatic rings. The molecule has 0 saturated heterocycles. The number of Topliss-reactive ketones (excluding diaryl/α,β-unsaturated/α-hetero) is 1.